The maximum atomic E-state index is 11.2. The molecule has 1 atom stereocenters. The molecule has 0 amide bonds. The lowest BCUT2D eigenvalue weighted by Gasteiger charge is -2.11. The van der Waals surface area contributed by atoms with Crippen LogP contribution in [0.3, 0.4) is 0 Å². The topological polar surface area (TPSA) is 65.3 Å². The Morgan fingerprint density at radius 3 is 2.95 bits per heavy atom. The summed E-state index contributed by atoms with van der Waals surface area (Å²) in [7, 11) is 1.55. The van der Waals surface area contributed by atoms with E-state index in [1.807, 2.05) is 18.2 Å². The van der Waals surface area contributed by atoms with Gasteiger partial charge in [0.2, 0.25) is 0 Å². The molecule has 0 saturated heterocycles. The van der Waals surface area contributed by atoms with Crippen molar-refractivity contribution >= 4 is 44.1 Å². The summed E-state index contributed by atoms with van der Waals surface area (Å²) < 4.78 is 5.82. The maximum absolute atomic E-state index is 11.2. The zero-order chi connectivity index (χ0) is 14.7. The number of hydrogen-bond acceptors (Lipinski definition) is 4. The molecule has 0 aliphatic carbocycles. The summed E-state index contributed by atoms with van der Waals surface area (Å²) in [6, 6.07) is 5.48. The van der Waals surface area contributed by atoms with E-state index < -0.39 is 4.92 Å². The molecule has 1 aromatic heterocycles. The molecule has 106 valence electrons. The quantitative estimate of drug-likeness (QED) is 0.464. The van der Waals surface area contributed by atoms with E-state index in [0.717, 1.165) is 9.86 Å². The van der Waals surface area contributed by atoms with Crippen LogP contribution in [0, 0.1) is 10.1 Å². The molecule has 7 heteroatoms. The average Bonchev–Trinajstić information content (AvgIpc) is 2.39. The number of benzene rings is 1. The van der Waals surface area contributed by atoms with E-state index in [1.165, 1.54) is 6.20 Å². The van der Waals surface area contributed by atoms with E-state index in [1.54, 1.807) is 7.11 Å². The van der Waals surface area contributed by atoms with E-state index in [4.69, 9.17) is 16.3 Å². The molecule has 0 fully saturated rings. The van der Waals surface area contributed by atoms with Crippen molar-refractivity contribution in [2.45, 2.75) is 11.8 Å². The minimum absolute atomic E-state index is 0.0163. The second-order valence-electron chi connectivity index (χ2n) is 4.30. The van der Waals surface area contributed by atoms with Crippen LogP contribution in [0.25, 0.3) is 10.9 Å². The Bertz CT molecular complexity index is 651. The van der Waals surface area contributed by atoms with Crippen molar-refractivity contribution in [3.63, 3.8) is 0 Å². The van der Waals surface area contributed by atoms with Gasteiger partial charge in [0.15, 0.2) is 0 Å². The van der Waals surface area contributed by atoms with Crippen molar-refractivity contribution in [2.24, 2.45) is 0 Å². The Morgan fingerprint density at radius 1 is 1.55 bits per heavy atom. The highest BCUT2D eigenvalue weighted by Gasteiger charge is 2.21. The first-order valence-electron chi connectivity index (χ1n) is 5.87. The lowest BCUT2D eigenvalue weighted by molar-refractivity contribution is -0.385. The lowest BCUT2D eigenvalue weighted by Crippen LogP contribution is -2.12. The molecular weight excluding hydrogens is 348 g/mol. The summed E-state index contributed by atoms with van der Waals surface area (Å²) in [5.41, 5.74) is 1.27. The molecule has 0 N–H and O–H groups in total. The molecule has 0 aliphatic rings. The average molecular weight is 360 g/mol. The molecule has 0 saturated carbocycles. The summed E-state index contributed by atoms with van der Waals surface area (Å²) in [6.07, 6.45) is 1.63. The first kappa shape index (κ1) is 15.2. The Kier molecular flexibility index (Phi) is 4.91. The standard InChI is InChI=1S/C13H12BrClN2O3/c1-20-7-9(15)5-11-10-4-8(14)2-3-12(10)16-6-13(11)17(18)19/h2-4,6,9H,5,7H2,1H3. The summed E-state index contributed by atoms with van der Waals surface area (Å²) in [5, 5.41) is 11.6. The fraction of sp³-hybridized carbons (Fsp3) is 0.308. The molecular formula is C13H12BrClN2O3. The molecule has 5 nitrogen and oxygen atoms in total. The minimum atomic E-state index is -0.431. The Morgan fingerprint density at radius 2 is 2.30 bits per heavy atom. The van der Waals surface area contributed by atoms with E-state index in [2.05, 4.69) is 20.9 Å². The third-order valence-electron chi connectivity index (χ3n) is 2.89. The number of hydrogen-bond donors (Lipinski definition) is 0. The molecule has 1 unspecified atom stereocenters. The van der Waals surface area contributed by atoms with Crippen LogP contribution in [-0.4, -0.2) is 29.0 Å². The van der Waals surface area contributed by atoms with E-state index in [0.29, 0.717) is 24.1 Å². The Labute approximate surface area is 129 Å². The predicted octanol–water partition coefficient (Wildman–Crippen LogP) is 3.70. The van der Waals surface area contributed by atoms with Crippen LogP contribution in [0.5, 0.6) is 0 Å². The van der Waals surface area contributed by atoms with Gasteiger partial charge in [0, 0.05) is 22.5 Å². The zero-order valence-electron chi connectivity index (χ0n) is 10.7. The predicted molar refractivity (Wildman–Crippen MR) is 81.3 cm³/mol. The highest BCUT2D eigenvalue weighted by Crippen LogP contribution is 2.30. The van der Waals surface area contributed by atoms with Gasteiger partial charge >= 0.3 is 0 Å². The molecule has 0 spiro atoms. The van der Waals surface area contributed by atoms with E-state index >= 15 is 0 Å². The van der Waals surface area contributed by atoms with Crippen molar-refractivity contribution in [1.29, 1.82) is 0 Å². The largest absolute Gasteiger partial charge is 0.383 e. The molecule has 1 aromatic carbocycles. The van der Waals surface area contributed by atoms with Crippen molar-refractivity contribution in [3.8, 4) is 0 Å². The van der Waals surface area contributed by atoms with Crippen molar-refractivity contribution in [1.82, 2.24) is 4.98 Å². The molecule has 0 aliphatic heterocycles. The highest BCUT2D eigenvalue weighted by atomic mass is 79.9. The Hall–Kier alpha value is -1.24. The van der Waals surface area contributed by atoms with Crippen molar-refractivity contribution in [3.05, 3.63) is 44.5 Å². The number of nitrogens with zero attached hydrogens (tertiary/aromatic N) is 2. The number of rotatable bonds is 5. The van der Waals surface area contributed by atoms with Gasteiger partial charge in [-0.3, -0.25) is 10.1 Å². The monoisotopic (exact) mass is 358 g/mol. The number of alkyl halides is 1. The number of aromatic nitrogens is 1. The summed E-state index contributed by atoms with van der Waals surface area (Å²) in [5.74, 6) is 0. The lowest BCUT2D eigenvalue weighted by atomic mass is 10.0. The van der Waals surface area contributed by atoms with Crippen LogP contribution >= 0.6 is 27.5 Å². The third kappa shape index (κ3) is 3.26. The fourth-order valence-electron chi connectivity index (χ4n) is 2.04. The van der Waals surface area contributed by atoms with Crippen molar-refractivity contribution < 1.29 is 9.66 Å². The third-order valence-corrected chi connectivity index (χ3v) is 3.66. The number of methoxy groups -OCH3 is 1. The van der Waals surface area contributed by atoms with Crippen LogP contribution in [0.2, 0.25) is 0 Å². The molecule has 0 bridgehead atoms. The van der Waals surface area contributed by atoms with Gasteiger partial charge in [0.25, 0.3) is 5.69 Å². The Balaban J connectivity index is 2.58. The molecule has 0 radical (unpaired) electrons. The van der Waals surface area contributed by atoms with Crippen LogP contribution < -0.4 is 0 Å². The van der Waals surface area contributed by atoms with Gasteiger partial charge in [0.1, 0.15) is 6.20 Å². The zero-order valence-corrected chi connectivity index (χ0v) is 13.0. The summed E-state index contributed by atoms with van der Waals surface area (Å²) >= 11 is 9.52. The van der Waals surface area contributed by atoms with Gasteiger partial charge in [-0.1, -0.05) is 15.9 Å². The number of ether oxygens (including phenoxy) is 1. The smallest absolute Gasteiger partial charge is 0.291 e. The second kappa shape index (κ2) is 6.47. The number of nitro groups is 1. The SMILES string of the molecule is COCC(Cl)Cc1c([N+](=O)[O-])cnc2ccc(Br)cc12. The first-order valence-corrected chi connectivity index (χ1v) is 7.10. The maximum Gasteiger partial charge on any atom is 0.291 e. The van der Waals surface area contributed by atoms with Gasteiger partial charge < -0.3 is 4.74 Å². The van der Waals surface area contributed by atoms with Gasteiger partial charge in [-0.05, 0) is 24.6 Å². The molecule has 1 heterocycles. The summed E-state index contributed by atoms with van der Waals surface area (Å²) in [6.45, 7) is 0.330. The number of halogens is 2. The molecule has 2 aromatic rings. The summed E-state index contributed by atoms with van der Waals surface area (Å²) in [4.78, 5) is 14.9. The minimum Gasteiger partial charge on any atom is -0.383 e. The van der Waals surface area contributed by atoms with E-state index in [9.17, 15) is 10.1 Å². The first-order chi connectivity index (χ1) is 9.52. The van der Waals surface area contributed by atoms with Gasteiger partial charge in [-0.15, -0.1) is 11.6 Å². The van der Waals surface area contributed by atoms with Crippen LogP contribution in [-0.2, 0) is 11.2 Å². The van der Waals surface area contributed by atoms with E-state index in [-0.39, 0.29) is 11.1 Å². The number of pyridine rings is 1. The van der Waals surface area contributed by atoms with Gasteiger partial charge in [-0.25, -0.2) is 4.98 Å². The van der Waals surface area contributed by atoms with Crippen LogP contribution in [0.1, 0.15) is 5.56 Å². The van der Waals surface area contributed by atoms with Gasteiger partial charge in [-0.2, -0.15) is 0 Å². The fourth-order valence-corrected chi connectivity index (χ4v) is 2.68. The van der Waals surface area contributed by atoms with Crippen LogP contribution in [0.4, 0.5) is 5.69 Å². The number of fused-ring (bicyclic) bond motifs is 1. The van der Waals surface area contributed by atoms with Crippen molar-refractivity contribution in [2.75, 3.05) is 13.7 Å². The highest BCUT2D eigenvalue weighted by molar-refractivity contribution is 9.10. The second-order valence-corrected chi connectivity index (χ2v) is 5.83. The molecule has 20 heavy (non-hydrogen) atoms. The normalized spacial score (nSPS) is 12.6. The molecule has 2 rings (SSSR count). The van der Waals surface area contributed by atoms with Crippen LogP contribution in [0.15, 0.2) is 28.9 Å². The van der Waals surface area contributed by atoms with Gasteiger partial charge in [0.05, 0.1) is 22.4 Å².